The van der Waals surface area contributed by atoms with Crippen molar-refractivity contribution in [1.29, 1.82) is 0 Å². The van der Waals surface area contributed by atoms with Crippen molar-refractivity contribution in [1.82, 2.24) is 24.6 Å². The van der Waals surface area contributed by atoms with Gasteiger partial charge < -0.3 is 9.73 Å². The fourth-order valence-corrected chi connectivity index (χ4v) is 3.65. The molecule has 3 aromatic heterocycles. The van der Waals surface area contributed by atoms with Crippen LogP contribution in [0.15, 0.2) is 76.3 Å². The Balaban J connectivity index is 1.26. The number of nitrogens with zero attached hydrogens (tertiary/aromatic N) is 5. The number of hydrogen-bond donors (Lipinski definition) is 1. The number of fused-ring (bicyclic) bond motifs is 2. The minimum atomic E-state index is -0.475. The first-order valence-corrected chi connectivity index (χ1v) is 10.4. The fraction of sp³-hybridized carbons (Fsp3) is 0.130. The molecule has 0 aliphatic heterocycles. The van der Waals surface area contributed by atoms with Gasteiger partial charge in [0.05, 0.1) is 24.2 Å². The zero-order chi connectivity index (χ0) is 23.7. The molecule has 0 bridgehead atoms. The number of nitrogens with one attached hydrogen (secondary N) is 1. The van der Waals surface area contributed by atoms with Gasteiger partial charge in [0.2, 0.25) is 0 Å². The number of benzene rings is 2. The summed E-state index contributed by atoms with van der Waals surface area (Å²) in [4.78, 5) is 39.9. The summed E-state index contributed by atoms with van der Waals surface area (Å²) in [6.45, 7) is 0.799. The Morgan fingerprint density at radius 1 is 1.15 bits per heavy atom. The Labute approximate surface area is 191 Å². The maximum Gasteiger partial charge on any atom is 0.287 e. The normalized spacial score (nSPS) is 11.2. The standard InChI is InChI=1S/C23H18N6O5/c30-22(20-11-16-3-1-2-4-19(16)34-20)24-9-10-28-21-18(12-26-28)23(31)27(14-25-21)13-15-5-7-17(8-6-15)29(32)33/h1-8,11-12,14H,9-10,13H2,(H,24,30). The molecule has 0 saturated heterocycles. The van der Waals surface area contributed by atoms with Crippen molar-refractivity contribution in [2.24, 2.45) is 0 Å². The molecule has 34 heavy (non-hydrogen) atoms. The average Bonchev–Trinajstić information content (AvgIpc) is 3.46. The molecular weight excluding hydrogens is 440 g/mol. The van der Waals surface area contributed by atoms with Crippen molar-refractivity contribution < 1.29 is 14.1 Å². The summed E-state index contributed by atoms with van der Waals surface area (Å²) >= 11 is 0. The van der Waals surface area contributed by atoms with E-state index in [0.717, 1.165) is 10.9 Å². The molecule has 11 heteroatoms. The van der Waals surface area contributed by atoms with Gasteiger partial charge in [0.1, 0.15) is 17.3 Å². The Morgan fingerprint density at radius 3 is 2.71 bits per heavy atom. The Bertz CT molecular complexity index is 1550. The van der Waals surface area contributed by atoms with Crippen LogP contribution < -0.4 is 10.9 Å². The highest BCUT2D eigenvalue weighted by Gasteiger charge is 2.14. The van der Waals surface area contributed by atoms with E-state index >= 15 is 0 Å². The van der Waals surface area contributed by atoms with E-state index in [1.165, 1.54) is 29.2 Å². The van der Waals surface area contributed by atoms with Crippen molar-refractivity contribution in [3.63, 3.8) is 0 Å². The summed E-state index contributed by atoms with van der Waals surface area (Å²) in [6, 6.07) is 15.0. The number of carbonyl (C=O) groups is 1. The zero-order valence-corrected chi connectivity index (χ0v) is 17.7. The van der Waals surface area contributed by atoms with E-state index < -0.39 is 4.92 Å². The number of carbonyl (C=O) groups excluding carboxylic acids is 1. The first kappa shape index (κ1) is 21.1. The number of aromatic nitrogens is 4. The number of furan rings is 1. The molecular formula is C23H18N6O5. The molecule has 0 saturated carbocycles. The molecule has 0 radical (unpaired) electrons. The number of nitro groups is 1. The van der Waals surface area contributed by atoms with Crippen LogP contribution in [-0.2, 0) is 13.1 Å². The number of hydrogen-bond acceptors (Lipinski definition) is 7. The lowest BCUT2D eigenvalue weighted by atomic mass is 10.2. The molecule has 3 heterocycles. The minimum absolute atomic E-state index is 0.0154. The lowest BCUT2D eigenvalue weighted by molar-refractivity contribution is -0.384. The van der Waals surface area contributed by atoms with Gasteiger partial charge in [0, 0.05) is 24.1 Å². The quantitative estimate of drug-likeness (QED) is 0.292. The second-order valence-electron chi connectivity index (χ2n) is 7.61. The van der Waals surface area contributed by atoms with Gasteiger partial charge >= 0.3 is 0 Å². The third-order valence-corrected chi connectivity index (χ3v) is 5.38. The van der Waals surface area contributed by atoms with E-state index in [1.54, 1.807) is 28.9 Å². The van der Waals surface area contributed by atoms with Crippen molar-refractivity contribution in [2.75, 3.05) is 6.54 Å². The van der Waals surface area contributed by atoms with Gasteiger partial charge in [-0.2, -0.15) is 5.10 Å². The van der Waals surface area contributed by atoms with E-state index in [9.17, 15) is 19.7 Å². The maximum atomic E-state index is 12.9. The van der Waals surface area contributed by atoms with Crippen LogP contribution in [0.2, 0.25) is 0 Å². The molecule has 0 aliphatic carbocycles. The summed E-state index contributed by atoms with van der Waals surface area (Å²) in [5.41, 5.74) is 1.48. The number of amides is 1. The number of rotatable bonds is 7. The van der Waals surface area contributed by atoms with Gasteiger partial charge in [0.25, 0.3) is 17.2 Å². The van der Waals surface area contributed by atoms with Gasteiger partial charge in [-0.1, -0.05) is 30.3 Å². The summed E-state index contributed by atoms with van der Waals surface area (Å²) in [6.07, 6.45) is 2.86. The minimum Gasteiger partial charge on any atom is -0.451 e. The first-order chi connectivity index (χ1) is 16.5. The topological polar surface area (TPSA) is 138 Å². The summed E-state index contributed by atoms with van der Waals surface area (Å²) in [7, 11) is 0. The molecule has 0 spiro atoms. The van der Waals surface area contributed by atoms with E-state index in [-0.39, 0.29) is 36.0 Å². The van der Waals surface area contributed by atoms with Gasteiger partial charge in [0.15, 0.2) is 11.4 Å². The molecule has 2 aromatic carbocycles. The van der Waals surface area contributed by atoms with Crippen LogP contribution in [0, 0.1) is 10.1 Å². The predicted octanol–water partition coefficient (Wildman–Crippen LogP) is 2.73. The van der Waals surface area contributed by atoms with Crippen molar-refractivity contribution in [3.05, 3.63) is 98.9 Å². The third-order valence-electron chi connectivity index (χ3n) is 5.38. The van der Waals surface area contributed by atoms with Crippen LogP contribution in [0.4, 0.5) is 5.69 Å². The second kappa shape index (κ2) is 8.62. The SMILES string of the molecule is O=C(NCCn1ncc2c(=O)n(Cc3ccc([N+](=O)[O-])cc3)cnc21)c1cc2ccccc2o1. The van der Waals surface area contributed by atoms with Crippen molar-refractivity contribution >= 4 is 33.6 Å². The van der Waals surface area contributed by atoms with Crippen LogP contribution in [0.5, 0.6) is 0 Å². The third kappa shape index (κ3) is 4.01. The molecule has 5 rings (SSSR count). The molecule has 0 fully saturated rings. The number of non-ortho nitro benzene ring substituents is 1. The highest BCUT2D eigenvalue weighted by atomic mass is 16.6. The lowest BCUT2D eigenvalue weighted by Gasteiger charge is -2.07. The molecule has 5 aromatic rings. The van der Waals surface area contributed by atoms with Crippen LogP contribution in [0.3, 0.4) is 0 Å². The van der Waals surface area contributed by atoms with E-state index in [0.29, 0.717) is 23.2 Å². The number of nitro benzene ring substituents is 1. The van der Waals surface area contributed by atoms with Crippen molar-refractivity contribution in [3.8, 4) is 0 Å². The fourth-order valence-electron chi connectivity index (χ4n) is 3.65. The number of para-hydroxylation sites is 1. The van der Waals surface area contributed by atoms with Crippen LogP contribution >= 0.6 is 0 Å². The van der Waals surface area contributed by atoms with Gasteiger partial charge in [-0.25, -0.2) is 9.67 Å². The van der Waals surface area contributed by atoms with Gasteiger partial charge in [-0.3, -0.25) is 24.3 Å². The maximum absolute atomic E-state index is 12.9. The van der Waals surface area contributed by atoms with Crippen LogP contribution in [0.1, 0.15) is 16.1 Å². The monoisotopic (exact) mass is 458 g/mol. The summed E-state index contributed by atoms with van der Waals surface area (Å²) in [5.74, 6) is -0.121. The molecule has 0 unspecified atom stereocenters. The average molecular weight is 458 g/mol. The predicted molar refractivity (Wildman–Crippen MR) is 123 cm³/mol. The summed E-state index contributed by atoms with van der Waals surface area (Å²) < 4.78 is 8.52. The zero-order valence-electron chi connectivity index (χ0n) is 17.7. The Morgan fingerprint density at radius 2 is 1.94 bits per heavy atom. The second-order valence-corrected chi connectivity index (χ2v) is 7.61. The van der Waals surface area contributed by atoms with Gasteiger partial charge in [-0.05, 0) is 17.7 Å². The first-order valence-electron chi connectivity index (χ1n) is 10.4. The highest BCUT2D eigenvalue weighted by Crippen LogP contribution is 2.18. The molecule has 11 nitrogen and oxygen atoms in total. The largest absolute Gasteiger partial charge is 0.451 e. The van der Waals surface area contributed by atoms with Crippen LogP contribution in [0.25, 0.3) is 22.0 Å². The van der Waals surface area contributed by atoms with Crippen LogP contribution in [-0.4, -0.2) is 36.7 Å². The molecule has 1 N–H and O–H groups in total. The van der Waals surface area contributed by atoms with E-state index in [4.69, 9.17) is 4.42 Å². The Hall–Kier alpha value is -4.80. The molecule has 170 valence electrons. The van der Waals surface area contributed by atoms with E-state index in [2.05, 4.69) is 15.4 Å². The smallest absolute Gasteiger partial charge is 0.287 e. The Kier molecular flexibility index (Phi) is 5.34. The highest BCUT2D eigenvalue weighted by molar-refractivity contribution is 5.96. The molecule has 1 amide bonds. The van der Waals surface area contributed by atoms with E-state index in [1.807, 2.05) is 18.2 Å². The lowest BCUT2D eigenvalue weighted by Crippen LogP contribution is -2.27. The van der Waals surface area contributed by atoms with Crippen molar-refractivity contribution in [2.45, 2.75) is 13.1 Å². The van der Waals surface area contributed by atoms with Gasteiger partial charge in [-0.15, -0.1) is 0 Å². The summed E-state index contributed by atoms with van der Waals surface area (Å²) in [5, 5.41) is 19.0. The molecule has 0 aliphatic rings. The molecule has 0 atom stereocenters.